The van der Waals surface area contributed by atoms with Crippen LogP contribution in [0, 0.1) is 17.6 Å². The fraction of sp³-hybridized carbons (Fsp3) is 0.0714. The van der Waals surface area contributed by atoms with E-state index in [1.165, 1.54) is 0 Å². The van der Waals surface area contributed by atoms with Gasteiger partial charge < -0.3 is 5.32 Å². The summed E-state index contributed by atoms with van der Waals surface area (Å²) < 4.78 is 4.08. The maximum atomic E-state index is 12.4. The summed E-state index contributed by atoms with van der Waals surface area (Å²) in [5.41, 5.74) is 2.56. The lowest BCUT2D eigenvalue weighted by atomic mass is 10.1. The summed E-state index contributed by atoms with van der Waals surface area (Å²) in [7, 11) is 0. The van der Waals surface area contributed by atoms with Crippen LogP contribution in [0.4, 0.5) is 5.69 Å². The fourth-order valence-electron chi connectivity index (χ4n) is 1.67. The number of nitrogens with one attached hydrogen (secondary N) is 1. The van der Waals surface area contributed by atoms with Crippen LogP contribution in [0.2, 0.25) is 0 Å². The van der Waals surface area contributed by atoms with Gasteiger partial charge in [0.2, 0.25) is 0 Å². The highest BCUT2D eigenvalue weighted by atomic mass is 127. The van der Waals surface area contributed by atoms with Crippen LogP contribution in [0.25, 0.3) is 0 Å². The third-order valence-electron chi connectivity index (χ3n) is 2.68. The van der Waals surface area contributed by atoms with Crippen molar-refractivity contribution in [3.05, 3.63) is 56.6 Å². The Kier molecular flexibility index (Phi) is 6.12. The SMILES string of the molecule is Cc1cccc(C(=O)Nc2c(I)cc(I)cc2I)c1Br. The number of benzene rings is 2. The van der Waals surface area contributed by atoms with Gasteiger partial charge in [0.25, 0.3) is 5.91 Å². The minimum Gasteiger partial charge on any atom is -0.320 e. The molecule has 2 rings (SSSR count). The number of amides is 1. The number of anilines is 1. The monoisotopic (exact) mass is 667 g/mol. The molecule has 0 unspecified atom stereocenters. The Morgan fingerprint density at radius 1 is 1.15 bits per heavy atom. The molecular weight excluding hydrogens is 659 g/mol. The van der Waals surface area contributed by atoms with Crippen LogP contribution >= 0.6 is 83.7 Å². The van der Waals surface area contributed by atoms with Gasteiger partial charge in [-0.2, -0.15) is 0 Å². The zero-order valence-electron chi connectivity index (χ0n) is 10.3. The van der Waals surface area contributed by atoms with Crippen LogP contribution in [0.3, 0.4) is 0 Å². The van der Waals surface area contributed by atoms with E-state index in [2.05, 4.69) is 89.0 Å². The minimum atomic E-state index is -0.0994. The van der Waals surface area contributed by atoms with E-state index in [9.17, 15) is 4.79 Å². The summed E-state index contributed by atoms with van der Waals surface area (Å²) in [6, 6.07) is 9.77. The van der Waals surface area contributed by atoms with Crippen molar-refractivity contribution in [3.63, 3.8) is 0 Å². The summed E-state index contributed by atoms with van der Waals surface area (Å²) in [5, 5.41) is 3.00. The number of carbonyl (C=O) groups is 1. The van der Waals surface area contributed by atoms with Crippen molar-refractivity contribution in [1.82, 2.24) is 0 Å². The first-order valence-corrected chi connectivity index (χ1v) is 9.64. The summed E-state index contributed by atoms with van der Waals surface area (Å²) in [5.74, 6) is -0.0994. The van der Waals surface area contributed by atoms with Crippen LogP contribution in [-0.4, -0.2) is 5.91 Å². The molecule has 6 heteroatoms. The van der Waals surface area contributed by atoms with Crippen molar-refractivity contribution in [2.45, 2.75) is 6.92 Å². The van der Waals surface area contributed by atoms with Crippen LogP contribution in [0.1, 0.15) is 15.9 Å². The van der Waals surface area contributed by atoms with E-state index in [1.54, 1.807) is 0 Å². The van der Waals surface area contributed by atoms with Gasteiger partial charge in [0.1, 0.15) is 0 Å². The second kappa shape index (κ2) is 7.23. The highest BCUT2D eigenvalue weighted by Crippen LogP contribution is 2.29. The molecule has 0 saturated carbocycles. The second-order valence-electron chi connectivity index (χ2n) is 4.14. The van der Waals surface area contributed by atoms with E-state index in [-0.39, 0.29) is 5.91 Å². The maximum absolute atomic E-state index is 12.4. The fourth-order valence-corrected chi connectivity index (χ4v) is 5.96. The molecule has 0 radical (unpaired) electrons. The minimum absolute atomic E-state index is 0.0994. The number of rotatable bonds is 2. The molecule has 0 saturated heterocycles. The Balaban J connectivity index is 2.36. The van der Waals surface area contributed by atoms with Gasteiger partial charge in [-0.25, -0.2) is 0 Å². The topological polar surface area (TPSA) is 29.1 Å². The maximum Gasteiger partial charge on any atom is 0.256 e. The molecule has 2 nitrogen and oxygen atoms in total. The largest absolute Gasteiger partial charge is 0.320 e. The molecule has 0 aliphatic carbocycles. The number of halogens is 4. The first-order valence-electron chi connectivity index (χ1n) is 5.61. The molecule has 0 spiro atoms. The number of aryl methyl sites for hydroxylation is 1. The third-order valence-corrected chi connectivity index (χ3v) is 6.06. The molecule has 0 bridgehead atoms. The normalized spacial score (nSPS) is 10.4. The zero-order chi connectivity index (χ0) is 14.9. The molecule has 20 heavy (non-hydrogen) atoms. The van der Waals surface area contributed by atoms with Gasteiger partial charge in [-0.15, -0.1) is 0 Å². The Morgan fingerprint density at radius 3 is 2.35 bits per heavy atom. The lowest BCUT2D eigenvalue weighted by Gasteiger charge is -2.12. The van der Waals surface area contributed by atoms with Crippen LogP contribution in [0.15, 0.2) is 34.8 Å². The van der Waals surface area contributed by atoms with Gasteiger partial charge in [0.05, 0.1) is 11.3 Å². The highest BCUT2D eigenvalue weighted by Gasteiger charge is 2.15. The smallest absolute Gasteiger partial charge is 0.256 e. The number of hydrogen-bond acceptors (Lipinski definition) is 1. The van der Waals surface area contributed by atoms with Crippen molar-refractivity contribution in [2.24, 2.45) is 0 Å². The Morgan fingerprint density at radius 2 is 1.75 bits per heavy atom. The van der Waals surface area contributed by atoms with Gasteiger partial charge in [0, 0.05) is 15.2 Å². The molecule has 2 aromatic carbocycles. The average Bonchev–Trinajstić information content (AvgIpc) is 2.36. The molecule has 104 valence electrons. The Bertz CT molecular complexity index is 665. The molecule has 0 heterocycles. The van der Waals surface area contributed by atoms with Crippen molar-refractivity contribution in [3.8, 4) is 0 Å². The van der Waals surface area contributed by atoms with Crippen LogP contribution < -0.4 is 5.32 Å². The van der Waals surface area contributed by atoms with E-state index in [1.807, 2.05) is 37.3 Å². The molecule has 2 aromatic rings. The predicted molar refractivity (Wildman–Crippen MR) is 111 cm³/mol. The summed E-state index contributed by atoms with van der Waals surface area (Å²) in [6.07, 6.45) is 0. The van der Waals surface area contributed by atoms with E-state index in [4.69, 9.17) is 0 Å². The van der Waals surface area contributed by atoms with E-state index in [0.717, 1.165) is 26.4 Å². The van der Waals surface area contributed by atoms with Gasteiger partial charge in [0.15, 0.2) is 0 Å². The Labute approximate surface area is 167 Å². The van der Waals surface area contributed by atoms with Crippen molar-refractivity contribution in [2.75, 3.05) is 5.32 Å². The number of carbonyl (C=O) groups excluding carboxylic acids is 1. The molecular formula is C14H9BrI3NO. The van der Waals surface area contributed by atoms with Crippen LogP contribution in [-0.2, 0) is 0 Å². The van der Waals surface area contributed by atoms with E-state index < -0.39 is 0 Å². The molecule has 1 N–H and O–H groups in total. The third kappa shape index (κ3) is 3.86. The summed E-state index contributed by atoms with van der Waals surface area (Å²) in [6.45, 7) is 1.97. The second-order valence-corrected chi connectivity index (χ2v) is 8.50. The summed E-state index contributed by atoms with van der Waals surface area (Å²) in [4.78, 5) is 12.4. The van der Waals surface area contributed by atoms with Crippen LogP contribution in [0.5, 0.6) is 0 Å². The van der Waals surface area contributed by atoms with E-state index >= 15 is 0 Å². The van der Waals surface area contributed by atoms with Crippen molar-refractivity contribution < 1.29 is 4.79 Å². The quantitative estimate of drug-likeness (QED) is 0.402. The lowest BCUT2D eigenvalue weighted by Crippen LogP contribution is -2.15. The highest BCUT2D eigenvalue weighted by molar-refractivity contribution is 14.1. The molecule has 0 atom stereocenters. The zero-order valence-corrected chi connectivity index (χ0v) is 18.4. The molecule has 0 fully saturated rings. The lowest BCUT2D eigenvalue weighted by molar-refractivity contribution is 0.102. The average molecular weight is 668 g/mol. The van der Waals surface area contributed by atoms with E-state index in [0.29, 0.717) is 5.56 Å². The molecule has 1 amide bonds. The van der Waals surface area contributed by atoms with Gasteiger partial charge in [-0.05, 0) is 114 Å². The van der Waals surface area contributed by atoms with Crippen molar-refractivity contribution >= 4 is 95.3 Å². The van der Waals surface area contributed by atoms with Crippen molar-refractivity contribution in [1.29, 1.82) is 0 Å². The Hall–Kier alpha value is 0.580. The first kappa shape index (κ1) is 16.9. The van der Waals surface area contributed by atoms with Gasteiger partial charge >= 0.3 is 0 Å². The molecule has 0 aliphatic heterocycles. The first-order chi connectivity index (χ1) is 9.40. The van der Waals surface area contributed by atoms with Gasteiger partial charge in [-0.3, -0.25) is 4.79 Å². The molecule has 0 aromatic heterocycles. The standard InChI is InChI=1S/C14H9BrI3NO/c1-7-3-2-4-9(12(7)15)14(20)19-13-10(17)5-8(16)6-11(13)18/h2-6H,1H3,(H,19,20). The summed E-state index contributed by atoms with van der Waals surface area (Å²) >= 11 is 10.2. The number of hydrogen-bond donors (Lipinski definition) is 1. The molecule has 0 aliphatic rings. The van der Waals surface area contributed by atoms with Gasteiger partial charge in [-0.1, -0.05) is 12.1 Å². The predicted octanol–water partition coefficient (Wildman–Crippen LogP) is 5.82.